The molecule has 0 saturated carbocycles. The summed E-state index contributed by atoms with van der Waals surface area (Å²) in [6.07, 6.45) is 0. The maximum absolute atomic E-state index is 2.37. The van der Waals surface area contributed by atoms with Gasteiger partial charge in [-0.05, 0) is 26.3 Å². The zero-order chi connectivity index (χ0) is 17.8. The number of rotatable bonds is 2. The van der Waals surface area contributed by atoms with E-state index in [0.717, 1.165) is 0 Å². The summed E-state index contributed by atoms with van der Waals surface area (Å²) in [7, 11) is 0. The topological polar surface area (TPSA) is 0 Å². The largest absolute Gasteiger partial charge is 1.00 e. The molecule has 0 heterocycles. The van der Waals surface area contributed by atoms with Crippen molar-refractivity contribution in [3.8, 4) is 11.1 Å². The number of benzene rings is 2. The molecule has 0 spiro atoms. The van der Waals surface area contributed by atoms with Gasteiger partial charge in [0.1, 0.15) is 0 Å². The zero-order valence-corrected chi connectivity index (χ0v) is 22.1. The molecule has 0 unspecified atom stereocenters. The van der Waals surface area contributed by atoms with Crippen LogP contribution in [0.4, 0.5) is 0 Å². The first-order valence-corrected chi connectivity index (χ1v) is 9.07. The quantitative estimate of drug-likeness (QED) is 0.321. The number of halogens is 2. The van der Waals surface area contributed by atoms with E-state index in [1.807, 2.05) is 0 Å². The van der Waals surface area contributed by atoms with Crippen LogP contribution in [0.2, 0.25) is 0 Å². The fourth-order valence-electron chi connectivity index (χ4n) is 4.43. The van der Waals surface area contributed by atoms with E-state index in [0.29, 0.717) is 0 Å². The summed E-state index contributed by atoms with van der Waals surface area (Å²) in [5.41, 5.74) is 10.0. The van der Waals surface area contributed by atoms with Crippen LogP contribution in [0.15, 0.2) is 77.4 Å². The van der Waals surface area contributed by atoms with Crippen molar-refractivity contribution in [1.82, 2.24) is 0 Å². The Hall–Kier alpha value is -1.02. The van der Waals surface area contributed by atoms with Crippen molar-refractivity contribution in [2.24, 2.45) is 5.41 Å². The van der Waals surface area contributed by atoms with E-state index in [-0.39, 0.29) is 56.1 Å². The Morgan fingerprint density at radius 1 is 0.750 bits per heavy atom. The molecule has 3 heteroatoms. The molecule has 146 valence electrons. The maximum atomic E-state index is 2.37. The second-order valence-electron chi connectivity index (χ2n) is 7.76. The van der Waals surface area contributed by atoms with E-state index in [4.69, 9.17) is 0 Å². The summed E-state index contributed by atoms with van der Waals surface area (Å²) in [6.45, 7) is 11.6. The molecule has 0 aromatic heterocycles. The van der Waals surface area contributed by atoms with E-state index in [1.54, 1.807) is 0 Å². The van der Waals surface area contributed by atoms with Crippen LogP contribution in [-0.2, 0) is 25.8 Å². The third kappa shape index (κ3) is 3.74. The standard InChI is InChI=1S/C25H25.2ClH.Hf/c1-16-17(2)24(25(4,5)18(16)3)23-21-14-10-9-13-20(21)15-22(23)19-11-7-6-8-12-19;;;/h6-15H,1-5H3;2*1H;/q-1;;;/p-2. The van der Waals surface area contributed by atoms with Gasteiger partial charge in [0.05, 0.1) is 0 Å². The number of hydrogen-bond acceptors (Lipinski definition) is 0. The van der Waals surface area contributed by atoms with Crippen molar-refractivity contribution in [2.75, 3.05) is 0 Å². The van der Waals surface area contributed by atoms with Gasteiger partial charge in [-0.15, -0.1) is 34.0 Å². The van der Waals surface area contributed by atoms with Crippen LogP contribution in [0.1, 0.15) is 40.2 Å². The van der Waals surface area contributed by atoms with Crippen molar-refractivity contribution in [3.05, 3.63) is 82.9 Å². The molecule has 0 N–H and O–H groups in total. The molecular weight excluding hydrogens is 550 g/mol. The van der Waals surface area contributed by atoms with Gasteiger partial charge in [0.2, 0.25) is 0 Å². The predicted molar refractivity (Wildman–Crippen MR) is 110 cm³/mol. The summed E-state index contributed by atoms with van der Waals surface area (Å²) in [5.74, 6) is 0. The van der Waals surface area contributed by atoms with Gasteiger partial charge in [-0.2, -0.15) is 0 Å². The first-order valence-electron chi connectivity index (χ1n) is 9.07. The van der Waals surface area contributed by atoms with E-state index in [2.05, 4.69) is 95.3 Å². The summed E-state index contributed by atoms with van der Waals surface area (Å²) in [6, 6.07) is 22.0. The van der Waals surface area contributed by atoms with Crippen LogP contribution in [0.5, 0.6) is 0 Å². The Morgan fingerprint density at radius 3 is 1.89 bits per heavy atom. The Balaban J connectivity index is 0.00000131. The Morgan fingerprint density at radius 2 is 1.32 bits per heavy atom. The molecule has 0 radical (unpaired) electrons. The van der Waals surface area contributed by atoms with Gasteiger partial charge in [-0.3, -0.25) is 0 Å². The van der Waals surface area contributed by atoms with Gasteiger partial charge >= 0.3 is 0 Å². The molecule has 0 amide bonds. The van der Waals surface area contributed by atoms with Crippen molar-refractivity contribution in [3.63, 3.8) is 0 Å². The normalized spacial score (nSPS) is 15.2. The average Bonchev–Trinajstić information content (AvgIpc) is 3.06. The summed E-state index contributed by atoms with van der Waals surface area (Å²) < 4.78 is 0. The Kier molecular flexibility index (Phi) is 8.22. The summed E-state index contributed by atoms with van der Waals surface area (Å²) in [5, 5.41) is 2.70. The molecule has 0 bridgehead atoms. The zero-order valence-electron chi connectivity index (χ0n) is 17.0. The van der Waals surface area contributed by atoms with Crippen LogP contribution >= 0.6 is 0 Å². The van der Waals surface area contributed by atoms with Crippen molar-refractivity contribution in [2.45, 2.75) is 34.6 Å². The molecule has 3 aromatic rings. The third-order valence-corrected chi connectivity index (χ3v) is 6.20. The second kappa shape index (κ2) is 9.20. The van der Waals surface area contributed by atoms with Crippen molar-refractivity contribution in [1.29, 1.82) is 0 Å². The SMILES string of the molecule is CC1=C(C)C(C)(C)C(c2c(-c3ccccc3)[cH-]c3ccccc23)=C1C.[Cl-].[Cl-].[Hf]. The minimum Gasteiger partial charge on any atom is -1.00 e. The van der Waals surface area contributed by atoms with Crippen LogP contribution in [-0.4, -0.2) is 0 Å². The molecule has 0 nitrogen and oxygen atoms in total. The van der Waals surface area contributed by atoms with Crippen LogP contribution < -0.4 is 24.8 Å². The molecule has 28 heavy (non-hydrogen) atoms. The molecule has 0 atom stereocenters. The smallest absolute Gasteiger partial charge is 0.00415 e. The molecular formula is C25H25Cl2Hf-3. The fraction of sp³-hybridized carbons (Fsp3) is 0.240. The second-order valence-corrected chi connectivity index (χ2v) is 7.76. The summed E-state index contributed by atoms with van der Waals surface area (Å²) in [4.78, 5) is 0. The van der Waals surface area contributed by atoms with Gasteiger partial charge in [0.15, 0.2) is 0 Å². The third-order valence-electron chi connectivity index (χ3n) is 6.20. The Labute approximate surface area is 200 Å². The van der Waals surface area contributed by atoms with Gasteiger partial charge in [-0.1, -0.05) is 84.7 Å². The molecule has 0 fully saturated rings. The fourth-order valence-corrected chi connectivity index (χ4v) is 4.43. The number of allylic oxidation sites excluding steroid dienone is 4. The number of fused-ring (bicyclic) bond motifs is 1. The van der Waals surface area contributed by atoms with E-state index in [9.17, 15) is 0 Å². The van der Waals surface area contributed by atoms with Crippen molar-refractivity contribution >= 4 is 16.3 Å². The average molecular weight is 575 g/mol. The minimum atomic E-state index is 0. The van der Waals surface area contributed by atoms with Gasteiger partial charge in [0, 0.05) is 31.3 Å². The van der Waals surface area contributed by atoms with E-state index < -0.39 is 0 Å². The molecule has 1 aliphatic rings. The van der Waals surface area contributed by atoms with E-state index in [1.165, 1.54) is 49.8 Å². The van der Waals surface area contributed by atoms with Crippen LogP contribution in [0.3, 0.4) is 0 Å². The molecule has 3 aromatic carbocycles. The molecule has 0 aliphatic heterocycles. The monoisotopic (exact) mass is 575 g/mol. The van der Waals surface area contributed by atoms with Gasteiger partial charge < -0.3 is 24.8 Å². The number of hydrogen-bond donors (Lipinski definition) is 0. The molecule has 0 saturated heterocycles. The van der Waals surface area contributed by atoms with Gasteiger partial charge in [0.25, 0.3) is 0 Å². The predicted octanol–water partition coefficient (Wildman–Crippen LogP) is 1.38. The van der Waals surface area contributed by atoms with Crippen molar-refractivity contribution < 1.29 is 50.7 Å². The minimum absolute atomic E-state index is 0. The molecule has 1 aliphatic carbocycles. The Bertz CT molecular complexity index is 1040. The van der Waals surface area contributed by atoms with Crippen LogP contribution in [0.25, 0.3) is 27.5 Å². The first kappa shape index (κ1) is 25.0. The van der Waals surface area contributed by atoms with E-state index >= 15 is 0 Å². The van der Waals surface area contributed by atoms with Gasteiger partial charge in [-0.25, -0.2) is 0 Å². The molecule has 4 rings (SSSR count). The van der Waals surface area contributed by atoms with Crippen LogP contribution in [0, 0.1) is 5.41 Å². The first-order chi connectivity index (χ1) is 11.9. The maximum Gasteiger partial charge on any atom is 0.00415 e. The summed E-state index contributed by atoms with van der Waals surface area (Å²) >= 11 is 0.